The lowest BCUT2D eigenvalue weighted by molar-refractivity contribution is 0.164. The molecule has 0 spiro atoms. The Balaban J connectivity index is 1.64. The van der Waals surface area contributed by atoms with Gasteiger partial charge in [0, 0.05) is 48.9 Å². The van der Waals surface area contributed by atoms with Crippen molar-refractivity contribution in [1.29, 1.82) is 0 Å². The molecule has 1 saturated heterocycles. The lowest BCUT2D eigenvalue weighted by Crippen LogP contribution is -2.38. The molecular formula is C18H21ClN4. The highest BCUT2D eigenvalue weighted by Crippen LogP contribution is 2.44. The van der Waals surface area contributed by atoms with E-state index in [9.17, 15) is 0 Å². The van der Waals surface area contributed by atoms with Crippen molar-refractivity contribution in [1.82, 2.24) is 19.9 Å². The van der Waals surface area contributed by atoms with Crippen molar-refractivity contribution in [3.05, 3.63) is 52.3 Å². The van der Waals surface area contributed by atoms with Gasteiger partial charge in [-0.3, -0.25) is 9.88 Å². The first-order chi connectivity index (χ1) is 11.1. The van der Waals surface area contributed by atoms with Crippen LogP contribution in [0.3, 0.4) is 0 Å². The first kappa shape index (κ1) is 15.0. The van der Waals surface area contributed by atoms with Crippen LogP contribution in [-0.2, 0) is 13.0 Å². The highest BCUT2D eigenvalue weighted by atomic mass is 35.5. The Morgan fingerprint density at radius 2 is 2.17 bits per heavy atom. The van der Waals surface area contributed by atoms with Crippen molar-refractivity contribution in [3.63, 3.8) is 0 Å². The number of hydrogen-bond acceptors (Lipinski definition) is 4. The maximum absolute atomic E-state index is 6.30. The Kier molecular flexibility index (Phi) is 3.82. The third-order valence-electron chi connectivity index (χ3n) is 5.03. The molecule has 5 heteroatoms. The summed E-state index contributed by atoms with van der Waals surface area (Å²) >= 11 is 6.30. The fourth-order valence-electron chi connectivity index (χ4n) is 3.82. The van der Waals surface area contributed by atoms with Crippen LogP contribution in [0, 0.1) is 0 Å². The van der Waals surface area contributed by atoms with Gasteiger partial charge in [0.05, 0.1) is 16.4 Å². The second-order valence-corrected chi connectivity index (χ2v) is 7.25. The van der Waals surface area contributed by atoms with Crippen LogP contribution in [0.2, 0.25) is 5.02 Å². The monoisotopic (exact) mass is 328 g/mol. The number of pyridine rings is 1. The molecule has 0 amide bonds. The van der Waals surface area contributed by atoms with E-state index in [1.54, 1.807) is 0 Å². The minimum Gasteiger partial charge on any atom is -0.287 e. The molecule has 2 bridgehead atoms. The topological polar surface area (TPSA) is 41.9 Å². The summed E-state index contributed by atoms with van der Waals surface area (Å²) in [5, 5.41) is 0.754. The van der Waals surface area contributed by atoms with E-state index in [-0.39, 0.29) is 0 Å². The van der Waals surface area contributed by atoms with E-state index in [0.717, 1.165) is 29.5 Å². The molecule has 2 unspecified atom stereocenters. The fourth-order valence-corrected chi connectivity index (χ4v) is 4.00. The van der Waals surface area contributed by atoms with Crippen molar-refractivity contribution in [3.8, 4) is 0 Å². The molecule has 2 aliphatic heterocycles. The van der Waals surface area contributed by atoms with Crippen LogP contribution < -0.4 is 0 Å². The van der Waals surface area contributed by atoms with Gasteiger partial charge in [-0.15, -0.1) is 0 Å². The van der Waals surface area contributed by atoms with E-state index in [0.29, 0.717) is 18.0 Å². The Hall–Kier alpha value is -1.52. The summed E-state index contributed by atoms with van der Waals surface area (Å²) < 4.78 is 0. The molecule has 0 radical (unpaired) electrons. The summed E-state index contributed by atoms with van der Waals surface area (Å²) in [7, 11) is 0. The van der Waals surface area contributed by atoms with Gasteiger partial charge in [-0.25, -0.2) is 9.97 Å². The zero-order valence-electron chi connectivity index (χ0n) is 13.5. The third-order valence-corrected chi connectivity index (χ3v) is 5.38. The molecule has 2 atom stereocenters. The lowest BCUT2D eigenvalue weighted by atomic mass is 9.98. The average molecular weight is 329 g/mol. The van der Waals surface area contributed by atoms with Crippen LogP contribution in [0.4, 0.5) is 0 Å². The van der Waals surface area contributed by atoms with Crippen molar-refractivity contribution >= 4 is 11.6 Å². The summed E-state index contributed by atoms with van der Waals surface area (Å²) in [6.07, 6.45) is 7.27. The zero-order valence-corrected chi connectivity index (χ0v) is 14.3. The molecule has 2 aromatic heterocycles. The van der Waals surface area contributed by atoms with Gasteiger partial charge in [0.2, 0.25) is 0 Å². The number of halogens is 1. The van der Waals surface area contributed by atoms with Gasteiger partial charge in [0.25, 0.3) is 0 Å². The normalized spacial score (nSPS) is 23.3. The Morgan fingerprint density at radius 3 is 2.96 bits per heavy atom. The third kappa shape index (κ3) is 2.64. The molecule has 0 N–H and O–H groups in total. The van der Waals surface area contributed by atoms with Gasteiger partial charge < -0.3 is 0 Å². The summed E-state index contributed by atoms with van der Waals surface area (Å²) in [5.41, 5.74) is 3.52. The molecule has 4 nitrogen and oxygen atoms in total. The molecule has 0 aromatic carbocycles. The molecule has 1 fully saturated rings. The molecular weight excluding hydrogens is 308 g/mol. The van der Waals surface area contributed by atoms with E-state index in [1.165, 1.54) is 24.1 Å². The largest absolute Gasteiger partial charge is 0.287 e. The quantitative estimate of drug-likeness (QED) is 0.856. The van der Waals surface area contributed by atoms with E-state index in [2.05, 4.69) is 34.9 Å². The maximum Gasteiger partial charge on any atom is 0.131 e. The van der Waals surface area contributed by atoms with E-state index in [1.807, 2.05) is 18.3 Å². The van der Waals surface area contributed by atoms with Gasteiger partial charge in [-0.2, -0.15) is 0 Å². The van der Waals surface area contributed by atoms with Crippen molar-refractivity contribution in [2.24, 2.45) is 0 Å². The highest BCUT2D eigenvalue weighted by Gasteiger charge is 2.41. The maximum atomic E-state index is 6.30. The summed E-state index contributed by atoms with van der Waals surface area (Å²) in [4.78, 5) is 16.4. The molecule has 23 heavy (non-hydrogen) atoms. The van der Waals surface area contributed by atoms with Gasteiger partial charge >= 0.3 is 0 Å². The molecule has 0 saturated carbocycles. The van der Waals surface area contributed by atoms with E-state index >= 15 is 0 Å². The minimum absolute atomic E-state index is 0.378. The number of rotatable bonds is 3. The van der Waals surface area contributed by atoms with E-state index in [4.69, 9.17) is 16.6 Å². The zero-order chi connectivity index (χ0) is 16.0. The summed E-state index contributed by atoms with van der Waals surface area (Å²) in [6.45, 7) is 5.10. The molecule has 2 aromatic rings. The van der Waals surface area contributed by atoms with Gasteiger partial charge in [0.15, 0.2) is 0 Å². The number of aromatic nitrogens is 3. The minimum atomic E-state index is 0.378. The Morgan fingerprint density at radius 1 is 1.30 bits per heavy atom. The van der Waals surface area contributed by atoms with Crippen molar-refractivity contribution in [2.75, 3.05) is 0 Å². The standard InChI is InChI=1S/C18H21ClN4/c1-11(2)18-21-9-13-15(22-18)8-12-5-6-17(13)23(12)10-16-14(19)4-3-7-20-16/h3-4,7,9,11-12,17H,5-6,8,10H2,1-2H3. The van der Waals surface area contributed by atoms with Gasteiger partial charge in [0.1, 0.15) is 5.82 Å². The molecule has 4 heterocycles. The first-order valence-corrected chi connectivity index (χ1v) is 8.72. The van der Waals surface area contributed by atoms with Gasteiger partial charge in [-0.1, -0.05) is 25.4 Å². The van der Waals surface area contributed by atoms with Crippen molar-refractivity contribution < 1.29 is 0 Å². The predicted molar refractivity (Wildman–Crippen MR) is 90.4 cm³/mol. The average Bonchev–Trinajstić information content (AvgIpc) is 2.82. The van der Waals surface area contributed by atoms with Crippen LogP contribution in [0.15, 0.2) is 24.5 Å². The highest BCUT2D eigenvalue weighted by molar-refractivity contribution is 6.31. The fraction of sp³-hybridized carbons (Fsp3) is 0.500. The first-order valence-electron chi connectivity index (χ1n) is 8.34. The number of hydrogen-bond donors (Lipinski definition) is 0. The molecule has 2 aliphatic rings. The predicted octanol–water partition coefficient (Wildman–Crippen LogP) is 3.91. The van der Waals surface area contributed by atoms with E-state index < -0.39 is 0 Å². The van der Waals surface area contributed by atoms with Crippen LogP contribution >= 0.6 is 11.6 Å². The number of nitrogens with zero attached hydrogens (tertiary/aromatic N) is 4. The van der Waals surface area contributed by atoms with Crippen LogP contribution in [0.5, 0.6) is 0 Å². The van der Waals surface area contributed by atoms with Crippen LogP contribution in [0.25, 0.3) is 0 Å². The molecule has 120 valence electrons. The number of fused-ring (bicyclic) bond motifs is 4. The molecule has 4 rings (SSSR count). The Bertz CT molecular complexity index is 731. The Labute approximate surface area is 141 Å². The van der Waals surface area contributed by atoms with Crippen LogP contribution in [0.1, 0.15) is 61.4 Å². The SMILES string of the molecule is CC(C)c1ncc2c(n1)CC1CCC2N1Cc1ncccc1Cl. The van der Waals surface area contributed by atoms with Crippen molar-refractivity contribution in [2.45, 2.75) is 57.7 Å². The molecule has 0 aliphatic carbocycles. The second kappa shape index (κ2) is 5.84. The lowest BCUT2D eigenvalue weighted by Gasteiger charge is -2.35. The second-order valence-electron chi connectivity index (χ2n) is 6.84. The van der Waals surface area contributed by atoms with Gasteiger partial charge in [-0.05, 0) is 25.0 Å². The van der Waals surface area contributed by atoms with Crippen LogP contribution in [-0.4, -0.2) is 25.9 Å². The summed E-state index contributed by atoms with van der Waals surface area (Å²) in [5.74, 6) is 1.34. The smallest absolute Gasteiger partial charge is 0.131 e. The summed E-state index contributed by atoms with van der Waals surface area (Å²) in [6, 6.07) is 4.75.